The number of rotatable bonds is 4. The monoisotopic (exact) mass is 264 g/mol. The Bertz CT molecular complexity index is 506. The van der Waals surface area contributed by atoms with Crippen LogP contribution in [0.15, 0.2) is 30.3 Å². The molecule has 1 aromatic rings. The Morgan fingerprint density at radius 1 is 1.11 bits per heavy atom. The Morgan fingerprint density at radius 2 is 1.63 bits per heavy atom. The summed E-state index contributed by atoms with van der Waals surface area (Å²) in [6.45, 7) is 5.72. The lowest BCUT2D eigenvalue weighted by Gasteiger charge is -2.21. The first-order valence-corrected chi connectivity index (χ1v) is 5.66. The molecule has 102 valence electrons. The summed E-state index contributed by atoms with van der Waals surface area (Å²) in [7, 11) is 0. The minimum atomic E-state index is -1.61. The highest BCUT2D eigenvalue weighted by atomic mass is 16.5. The summed E-state index contributed by atoms with van der Waals surface area (Å²) in [5, 5.41) is 18.0. The molecular weight excluding hydrogens is 248 g/mol. The van der Waals surface area contributed by atoms with Crippen molar-refractivity contribution in [3.05, 3.63) is 35.9 Å². The Morgan fingerprint density at radius 3 is 2.05 bits per heavy atom. The number of carboxylic acid groups (broad SMARTS) is 1. The molecule has 0 atom stereocenters. The van der Waals surface area contributed by atoms with E-state index in [2.05, 4.69) is 0 Å². The number of carboxylic acids is 1. The van der Waals surface area contributed by atoms with Crippen LogP contribution in [0.1, 0.15) is 26.3 Å². The van der Waals surface area contributed by atoms with Gasteiger partial charge in [-0.2, -0.15) is 0 Å². The first-order chi connectivity index (χ1) is 8.69. The van der Waals surface area contributed by atoms with Crippen molar-refractivity contribution in [3.8, 4) is 5.75 Å². The molecule has 1 aromatic carbocycles. The highest BCUT2D eigenvalue weighted by Crippen LogP contribution is 2.21. The van der Waals surface area contributed by atoms with Crippen LogP contribution in [0, 0.1) is 0 Å². The van der Waals surface area contributed by atoms with Crippen LogP contribution in [-0.4, -0.2) is 27.6 Å². The van der Waals surface area contributed by atoms with Gasteiger partial charge in [-0.1, -0.05) is 0 Å². The van der Waals surface area contributed by atoms with Gasteiger partial charge in [-0.25, -0.2) is 4.79 Å². The summed E-state index contributed by atoms with van der Waals surface area (Å²) in [6, 6.07) is 6.36. The van der Waals surface area contributed by atoms with Crippen molar-refractivity contribution in [2.24, 2.45) is 0 Å². The van der Waals surface area contributed by atoms with Crippen molar-refractivity contribution in [3.63, 3.8) is 0 Å². The zero-order valence-corrected chi connectivity index (χ0v) is 11.0. The molecule has 1 rings (SSSR count). The van der Waals surface area contributed by atoms with E-state index in [4.69, 9.17) is 9.84 Å². The van der Waals surface area contributed by atoms with E-state index >= 15 is 0 Å². The Hall–Kier alpha value is -2.30. The molecule has 0 aliphatic rings. The van der Waals surface area contributed by atoms with Crippen molar-refractivity contribution < 1.29 is 24.5 Å². The van der Waals surface area contributed by atoms with Gasteiger partial charge in [0.25, 0.3) is 5.78 Å². The molecule has 0 unspecified atom stereocenters. The largest absolute Gasteiger partial charge is 0.507 e. The SMILES string of the molecule is CC(C)(C)Oc1ccc(C(O)=CC(=O)C(=O)O)cc1. The summed E-state index contributed by atoms with van der Waals surface area (Å²) in [6.07, 6.45) is 0.669. The van der Waals surface area contributed by atoms with E-state index in [1.165, 1.54) is 0 Å². The zero-order chi connectivity index (χ0) is 14.6. The van der Waals surface area contributed by atoms with E-state index in [0.29, 0.717) is 17.4 Å². The zero-order valence-electron chi connectivity index (χ0n) is 11.0. The van der Waals surface area contributed by atoms with Crippen LogP contribution in [0.3, 0.4) is 0 Å². The fourth-order valence-electron chi connectivity index (χ4n) is 1.32. The third-order valence-corrected chi connectivity index (χ3v) is 2.05. The average molecular weight is 264 g/mol. The highest BCUT2D eigenvalue weighted by molar-refractivity contribution is 6.38. The van der Waals surface area contributed by atoms with Crippen molar-refractivity contribution in [2.75, 3.05) is 0 Å². The number of carbonyl (C=O) groups is 2. The maximum atomic E-state index is 10.9. The predicted octanol–water partition coefficient (Wildman–Crippen LogP) is 2.42. The van der Waals surface area contributed by atoms with Gasteiger partial charge >= 0.3 is 5.97 Å². The van der Waals surface area contributed by atoms with Crippen molar-refractivity contribution in [1.29, 1.82) is 0 Å². The van der Waals surface area contributed by atoms with E-state index in [0.717, 1.165) is 0 Å². The van der Waals surface area contributed by atoms with Crippen molar-refractivity contribution in [1.82, 2.24) is 0 Å². The van der Waals surface area contributed by atoms with Crippen molar-refractivity contribution in [2.45, 2.75) is 26.4 Å². The molecular formula is C14H16O5. The summed E-state index contributed by atoms with van der Waals surface area (Å²) < 4.78 is 5.59. The van der Waals surface area contributed by atoms with Gasteiger partial charge in [-0.05, 0) is 45.0 Å². The molecule has 0 fully saturated rings. The number of aliphatic carboxylic acids is 1. The highest BCUT2D eigenvalue weighted by Gasteiger charge is 2.13. The molecule has 0 amide bonds. The third kappa shape index (κ3) is 4.83. The number of benzene rings is 1. The number of aliphatic hydroxyl groups is 1. The normalized spacial score (nSPS) is 12.1. The van der Waals surface area contributed by atoms with Gasteiger partial charge in [0.1, 0.15) is 17.1 Å². The fraction of sp³-hybridized carbons (Fsp3) is 0.286. The van der Waals surface area contributed by atoms with Crippen LogP contribution < -0.4 is 4.74 Å². The van der Waals surface area contributed by atoms with E-state index in [1.54, 1.807) is 24.3 Å². The Balaban J connectivity index is 2.87. The second-order valence-electron chi connectivity index (χ2n) is 4.94. The molecule has 5 heteroatoms. The second kappa shape index (κ2) is 5.56. The van der Waals surface area contributed by atoms with E-state index in [9.17, 15) is 14.7 Å². The van der Waals surface area contributed by atoms with Crippen LogP contribution in [0.4, 0.5) is 0 Å². The number of aliphatic hydroxyl groups excluding tert-OH is 1. The van der Waals surface area contributed by atoms with Crippen molar-refractivity contribution >= 4 is 17.5 Å². The Kier molecular flexibility index (Phi) is 4.32. The van der Waals surface area contributed by atoms with Crippen LogP contribution in [-0.2, 0) is 9.59 Å². The third-order valence-electron chi connectivity index (χ3n) is 2.05. The molecule has 0 bridgehead atoms. The molecule has 0 radical (unpaired) electrons. The maximum absolute atomic E-state index is 10.9. The van der Waals surface area contributed by atoms with Crippen LogP contribution >= 0.6 is 0 Å². The topological polar surface area (TPSA) is 83.8 Å². The van der Waals surface area contributed by atoms with Crippen LogP contribution in [0.5, 0.6) is 5.75 Å². The Labute approximate surface area is 111 Å². The maximum Gasteiger partial charge on any atom is 0.376 e. The number of carbonyl (C=O) groups excluding carboxylic acids is 1. The van der Waals surface area contributed by atoms with E-state index in [-0.39, 0.29) is 5.60 Å². The summed E-state index contributed by atoms with van der Waals surface area (Å²) in [5.41, 5.74) is 0.00874. The first-order valence-electron chi connectivity index (χ1n) is 5.66. The number of ketones is 1. The van der Waals surface area contributed by atoms with Gasteiger partial charge in [0, 0.05) is 11.6 Å². The predicted molar refractivity (Wildman–Crippen MR) is 70.1 cm³/mol. The van der Waals surface area contributed by atoms with Crippen LogP contribution in [0.2, 0.25) is 0 Å². The first kappa shape index (κ1) is 14.8. The lowest BCUT2D eigenvalue weighted by Crippen LogP contribution is -2.22. The number of hydrogen-bond acceptors (Lipinski definition) is 4. The molecule has 0 saturated carbocycles. The van der Waals surface area contributed by atoms with Gasteiger partial charge in [-0.15, -0.1) is 0 Å². The van der Waals surface area contributed by atoms with Crippen LogP contribution in [0.25, 0.3) is 5.76 Å². The average Bonchev–Trinajstić information content (AvgIpc) is 2.27. The molecule has 5 nitrogen and oxygen atoms in total. The molecule has 0 aromatic heterocycles. The molecule has 0 spiro atoms. The molecule has 19 heavy (non-hydrogen) atoms. The lowest BCUT2D eigenvalue weighted by molar-refractivity contribution is -0.146. The van der Waals surface area contributed by atoms with E-state index in [1.807, 2.05) is 20.8 Å². The van der Waals surface area contributed by atoms with Gasteiger partial charge in [0.05, 0.1) is 0 Å². The summed E-state index contributed by atoms with van der Waals surface area (Å²) in [5.74, 6) is -2.56. The molecule has 0 aliphatic carbocycles. The minimum absolute atomic E-state index is 0.335. The summed E-state index contributed by atoms with van der Waals surface area (Å²) in [4.78, 5) is 21.3. The lowest BCUT2D eigenvalue weighted by atomic mass is 10.1. The van der Waals surface area contributed by atoms with Gasteiger partial charge in [0.2, 0.25) is 0 Å². The molecule has 0 heterocycles. The number of hydrogen-bond donors (Lipinski definition) is 2. The van der Waals surface area contributed by atoms with Gasteiger partial charge in [-0.3, -0.25) is 4.79 Å². The van der Waals surface area contributed by atoms with Gasteiger partial charge in [0.15, 0.2) is 0 Å². The quantitative estimate of drug-likeness (QED) is 0.495. The number of ether oxygens (including phenoxy) is 1. The standard InChI is InChI=1S/C14H16O5/c1-14(2,3)19-10-6-4-9(5-7-10)11(15)8-12(16)13(17)18/h4-8,15H,1-3H3,(H,17,18). The fourth-order valence-corrected chi connectivity index (χ4v) is 1.32. The molecule has 0 aliphatic heterocycles. The second-order valence-corrected chi connectivity index (χ2v) is 4.94. The molecule has 2 N–H and O–H groups in total. The minimum Gasteiger partial charge on any atom is -0.507 e. The van der Waals surface area contributed by atoms with E-state index < -0.39 is 17.5 Å². The van der Waals surface area contributed by atoms with Gasteiger partial charge < -0.3 is 14.9 Å². The molecule has 0 saturated heterocycles. The smallest absolute Gasteiger partial charge is 0.376 e. The summed E-state index contributed by atoms with van der Waals surface area (Å²) >= 11 is 0.